The van der Waals surface area contributed by atoms with Gasteiger partial charge < -0.3 is 14.6 Å². The molecule has 0 aliphatic heterocycles. The van der Waals surface area contributed by atoms with E-state index in [1.165, 1.54) is 19.1 Å². The van der Waals surface area contributed by atoms with Crippen LogP contribution in [0.3, 0.4) is 0 Å². The predicted octanol–water partition coefficient (Wildman–Crippen LogP) is 3.12. The number of esters is 1. The lowest BCUT2D eigenvalue weighted by molar-refractivity contribution is -0.172. The number of carbonyl (C=O) groups is 2. The molecular weight excluding hydrogens is 320 g/mol. The summed E-state index contributed by atoms with van der Waals surface area (Å²) >= 11 is 0. The fourth-order valence-electron chi connectivity index (χ4n) is 2.09. The van der Waals surface area contributed by atoms with Gasteiger partial charge in [-0.1, -0.05) is 36.4 Å². The Morgan fingerprint density at radius 2 is 1.60 bits per heavy atom. The molecule has 2 unspecified atom stereocenters. The number of aliphatic hydroxyl groups excluding tert-OH is 1. The first kappa shape index (κ1) is 18.4. The van der Waals surface area contributed by atoms with E-state index in [-0.39, 0.29) is 5.78 Å². The van der Waals surface area contributed by atoms with E-state index >= 15 is 0 Å². The third-order valence-electron chi connectivity index (χ3n) is 3.33. The zero-order valence-corrected chi connectivity index (χ0v) is 14.1. The van der Waals surface area contributed by atoms with Crippen molar-refractivity contribution in [1.82, 2.24) is 0 Å². The van der Waals surface area contributed by atoms with Gasteiger partial charge in [-0.25, -0.2) is 4.79 Å². The van der Waals surface area contributed by atoms with Crippen LogP contribution in [0, 0.1) is 0 Å². The molecule has 0 fully saturated rings. The molecule has 2 aromatic rings. The van der Waals surface area contributed by atoms with Crippen molar-refractivity contribution >= 4 is 11.8 Å². The third-order valence-corrected chi connectivity index (χ3v) is 3.33. The molecule has 25 heavy (non-hydrogen) atoms. The highest BCUT2D eigenvalue weighted by molar-refractivity contribution is 6.08. The maximum absolute atomic E-state index is 12.3. The van der Waals surface area contributed by atoms with E-state index < -0.39 is 18.4 Å². The summed E-state index contributed by atoms with van der Waals surface area (Å²) in [5, 5.41) is 9.70. The van der Waals surface area contributed by atoms with E-state index in [9.17, 15) is 14.7 Å². The summed E-state index contributed by atoms with van der Waals surface area (Å²) in [6, 6.07) is 15.4. The molecule has 0 radical (unpaired) electrons. The quantitative estimate of drug-likeness (QED) is 0.363. The molecule has 0 saturated heterocycles. The third kappa shape index (κ3) is 5.29. The molecule has 1 N–H and O–H groups in total. The van der Waals surface area contributed by atoms with Gasteiger partial charge in [0.2, 0.25) is 0 Å². The van der Waals surface area contributed by atoms with Crippen LogP contribution in [-0.4, -0.2) is 29.3 Å². The van der Waals surface area contributed by atoms with Crippen molar-refractivity contribution in [3.05, 3.63) is 77.9 Å². The fraction of sp³-hybridized carbons (Fsp3) is 0.200. The average Bonchev–Trinajstić information content (AvgIpc) is 2.62. The SMILES string of the molecule is CC=CC(=O)OC(Oc1ccc(C(=O)c2ccccc2)cc1)C(C)O. The van der Waals surface area contributed by atoms with E-state index in [1.807, 2.05) is 6.07 Å². The number of carbonyl (C=O) groups excluding carboxylic acids is 2. The monoisotopic (exact) mass is 340 g/mol. The normalized spacial score (nSPS) is 13.2. The van der Waals surface area contributed by atoms with E-state index in [0.29, 0.717) is 16.9 Å². The molecule has 2 rings (SSSR count). The van der Waals surface area contributed by atoms with E-state index in [0.717, 1.165) is 0 Å². The standard InChI is InChI=1S/C20H20O5/c1-3-7-18(22)25-20(14(2)21)24-17-12-10-16(11-13-17)19(23)15-8-5-4-6-9-15/h3-14,20-21H,1-2H3. The highest BCUT2D eigenvalue weighted by Gasteiger charge is 2.21. The van der Waals surface area contributed by atoms with E-state index in [4.69, 9.17) is 9.47 Å². The molecule has 5 nitrogen and oxygen atoms in total. The van der Waals surface area contributed by atoms with E-state index in [2.05, 4.69) is 0 Å². The van der Waals surface area contributed by atoms with Crippen LogP contribution >= 0.6 is 0 Å². The van der Waals surface area contributed by atoms with Crippen LogP contribution in [0.25, 0.3) is 0 Å². The van der Waals surface area contributed by atoms with Crippen LogP contribution in [0.1, 0.15) is 29.8 Å². The molecule has 2 aromatic carbocycles. The molecule has 0 aromatic heterocycles. The smallest absolute Gasteiger partial charge is 0.333 e. The van der Waals surface area contributed by atoms with Crippen LogP contribution in [0.4, 0.5) is 0 Å². The Labute approximate surface area is 146 Å². The van der Waals surface area contributed by atoms with Gasteiger partial charge in [0.1, 0.15) is 11.9 Å². The number of ether oxygens (including phenoxy) is 2. The molecule has 0 saturated carbocycles. The summed E-state index contributed by atoms with van der Waals surface area (Å²) in [6.45, 7) is 3.14. The molecule has 0 spiro atoms. The van der Waals surface area contributed by atoms with Crippen molar-refractivity contribution in [3.63, 3.8) is 0 Å². The summed E-state index contributed by atoms with van der Waals surface area (Å²) in [5.74, 6) is -0.327. The van der Waals surface area contributed by atoms with Crippen LogP contribution in [0.2, 0.25) is 0 Å². The van der Waals surface area contributed by atoms with Crippen molar-refractivity contribution in [2.75, 3.05) is 0 Å². The summed E-state index contributed by atoms with van der Waals surface area (Å²) in [6.07, 6.45) is 0.616. The Kier molecular flexibility index (Phi) is 6.48. The summed E-state index contributed by atoms with van der Waals surface area (Å²) in [7, 11) is 0. The predicted molar refractivity (Wildman–Crippen MR) is 93.3 cm³/mol. The number of aliphatic hydroxyl groups is 1. The van der Waals surface area contributed by atoms with Crippen LogP contribution in [-0.2, 0) is 9.53 Å². The molecular formula is C20H20O5. The Bertz CT molecular complexity index is 732. The van der Waals surface area contributed by atoms with E-state index in [1.54, 1.807) is 55.5 Å². The molecule has 0 aliphatic carbocycles. The lowest BCUT2D eigenvalue weighted by Crippen LogP contribution is -2.34. The number of rotatable bonds is 7. The Morgan fingerprint density at radius 1 is 1.00 bits per heavy atom. The molecule has 0 heterocycles. The highest BCUT2D eigenvalue weighted by Crippen LogP contribution is 2.18. The van der Waals surface area contributed by atoms with Crippen molar-refractivity contribution in [2.45, 2.75) is 26.2 Å². The van der Waals surface area contributed by atoms with Gasteiger partial charge in [-0.3, -0.25) is 4.79 Å². The summed E-state index contributed by atoms with van der Waals surface area (Å²) in [5.41, 5.74) is 1.11. The minimum atomic E-state index is -1.14. The second kappa shape index (κ2) is 8.80. The molecule has 130 valence electrons. The zero-order chi connectivity index (χ0) is 18.2. The zero-order valence-electron chi connectivity index (χ0n) is 14.1. The van der Waals surface area contributed by atoms with Crippen molar-refractivity contribution in [1.29, 1.82) is 0 Å². The second-order valence-corrected chi connectivity index (χ2v) is 5.38. The van der Waals surface area contributed by atoms with Gasteiger partial charge in [-0.2, -0.15) is 0 Å². The van der Waals surface area contributed by atoms with Gasteiger partial charge in [0.25, 0.3) is 6.29 Å². The number of hydrogen-bond acceptors (Lipinski definition) is 5. The number of allylic oxidation sites excluding steroid dienone is 1. The van der Waals surface area contributed by atoms with Crippen molar-refractivity contribution in [2.24, 2.45) is 0 Å². The Hall–Kier alpha value is -2.92. The van der Waals surface area contributed by atoms with Gasteiger partial charge in [0.05, 0.1) is 0 Å². The lowest BCUT2D eigenvalue weighted by Gasteiger charge is -2.21. The van der Waals surface area contributed by atoms with Gasteiger partial charge in [-0.15, -0.1) is 0 Å². The van der Waals surface area contributed by atoms with Crippen LogP contribution in [0.15, 0.2) is 66.7 Å². The number of ketones is 1. The van der Waals surface area contributed by atoms with Gasteiger partial charge >= 0.3 is 5.97 Å². The highest BCUT2D eigenvalue weighted by atomic mass is 16.7. The minimum Gasteiger partial charge on any atom is -0.452 e. The Balaban J connectivity index is 2.08. The first-order valence-electron chi connectivity index (χ1n) is 7.89. The number of hydrogen-bond donors (Lipinski definition) is 1. The minimum absolute atomic E-state index is 0.0984. The molecule has 5 heteroatoms. The van der Waals surface area contributed by atoms with Crippen LogP contribution in [0.5, 0.6) is 5.75 Å². The lowest BCUT2D eigenvalue weighted by atomic mass is 10.0. The molecule has 0 amide bonds. The van der Waals surface area contributed by atoms with Crippen molar-refractivity contribution in [3.8, 4) is 5.75 Å². The maximum atomic E-state index is 12.3. The largest absolute Gasteiger partial charge is 0.452 e. The van der Waals surface area contributed by atoms with Gasteiger partial charge in [0.15, 0.2) is 5.78 Å². The maximum Gasteiger partial charge on any atom is 0.333 e. The fourth-order valence-corrected chi connectivity index (χ4v) is 2.09. The second-order valence-electron chi connectivity index (χ2n) is 5.38. The van der Waals surface area contributed by atoms with Gasteiger partial charge in [0, 0.05) is 17.2 Å². The van der Waals surface area contributed by atoms with Crippen molar-refractivity contribution < 1.29 is 24.2 Å². The molecule has 0 aliphatic rings. The molecule has 0 bridgehead atoms. The number of benzene rings is 2. The average molecular weight is 340 g/mol. The first-order valence-corrected chi connectivity index (χ1v) is 7.89. The Morgan fingerprint density at radius 3 is 2.16 bits per heavy atom. The summed E-state index contributed by atoms with van der Waals surface area (Å²) < 4.78 is 10.5. The topological polar surface area (TPSA) is 72.8 Å². The summed E-state index contributed by atoms with van der Waals surface area (Å²) in [4.78, 5) is 23.9. The van der Waals surface area contributed by atoms with Gasteiger partial charge in [-0.05, 0) is 38.1 Å². The molecule has 2 atom stereocenters. The van der Waals surface area contributed by atoms with Crippen LogP contribution < -0.4 is 4.74 Å². The first-order chi connectivity index (χ1) is 12.0.